The van der Waals surface area contributed by atoms with Gasteiger partial charge in [0.1, 0.15) is 11.5 Å². The van der Waals surface area contributed by atoms with Gasteiger partial charge in [-0.2, -0.15) is 4.98 Å². The number of benzene rings is 1. The van der Waals surface area contributed by atoms with Gasteiger partial charge in [0, 0.05) is 23.9 Å². The molecule has 0 saturated heterocycles. The largest absolute Gasteiger partial charge is 0.497 e. The number of likely N-dealkylation sites (N-methyl/N-ethyl adjacent to an activating group) is 1. The molecule has 0 spiro atoms. The van der Waals surface area contributed by atoms with Crippen molar-refractivity contribution in [3.8, 4) is 11.5 Å². The molecule has 0 atom stereocenters. The van der Waals surface area contributed by atoms with Crippen LogP contribution in [0.4, 0.5) is 5.69 Å². The number of aromatic nitrogens is 2. The van der Waals surface area contributed by atoms with E-state index in [4.69, 9.17) is 19.7 Å². The van der Waals surface area contributed by atoms with Crippen molar-refractivity contribution >= 4 is 11.6 Å². The highest BCUT2D eigenvalue weighted by Gasteiger charge is 2.12. The molecule has 2 aromatic rings. The Morgan fingerprint density at radius 3 is 2.50 bits per heavy atom. The summed E-state index contributed by atoms with van der Waals surface area (Å²) in [5.41, 5.74) is 6.01. The minimum atomic E-state index is -0.185. The van der Waals surface area contributed by atoms with E-state index in [2.05, 4.69) is 15.5 Å². The summed E-state index contributed by atoms with van der Waals surface area (Å²) < 4.78 is 15.3. The molecular formula is C15H21N5O4. The van der Waals surface area contributed by atoms with E-state index in [1.807, 2.05) is 0 Å². The number of nitrogens with one attached hydrogen (secondary N) is 1. The van der Waals surface area contributed by atoms with Crippen molar-refractivity contribution in [2.75, 3.05) is 33.1 Å². The summed E-state index contributed by atoms with van der Waals surface area (Å²) in [5.74, 6) is 1.86. The molecule has 0 unspecified atom stereocenters. The van der Waals surface area contributed by atoms with Gasteiger partial charge in [0.15, 0.2) is 5.82 Å². The van der Waals surface area contributed by atoms with Gasteiger partial charge in [0.05, 0.1) is 33.9 Å². The van der Waals surface area contributed by atoms with E-state index in [0.29, 0.717) is 35.4 Å². The van der Waals surface area contributed by atoms with E-state index in [1.165, 1.54) is 0 Å². The number of hydrogen-bond acceptors (Lipinski definition) is 8. The third-order valence-electron chi connectivity index (χ3n) is 3.14. The first-order valence-electron chi connectivity index (χ1n) is 7.27. The van der Waals surface area contributed by atoms with E-state index in [1.54, 1.807) is 44.4 Å². The van der Waals surface area contributed by atoms with Crippen LogP contribution in [0.3, 0.4) is 0 Å². The van der Waals surface area contributed by atoms with Crippen LogP contribution in [-0.4, -0.2) is 48.8 Å². The van der Waals surface area contributed by atoms with Crippen LogP contribution in [0.25, 0.3) is 0 Å². The molecule has 24 heavy (non-hydrogen) atoms. The van der Waals surface area contributed by atoms with Gasteiger partial charge in [-0.25, -0.2) is 0 Å². The number of carbonyl (C=O) groups excluding carboxylic acids is 1. The zero-order chi connectivity index (χ0) is 17.5. The van der Waals surface area contributed by atoms with E-state index >= 15 is 0 Å². The molecule has 3 N–H and O–H groups in total. The maximum Gasteiger partial charge on any atom is 0.240 e. The SMILES string of the molecule is COc1cc(NC(=O)CN(C)Cc2noc(CN)n2)cc(OC)c1. The van der Waals surface area contributed by atoms with Crippen molar-refractivity contribution in [2.45, 2.75) is 13.1 Å². The molecule has 0 bridgehead atoms. The van der Waals surface area contributed by atoms with Gasteiger partial charge in [0.25, 0.3) is 0 Å². The summed E-state index contributed by atoms with van der Waals surface area (Å²) in [6.45, 7) is 0.721. The molecule has 0 saturated carbocycles. The molecule has 9 heteroatoms. The number of hydrogen-bond donors (Lipinski definition) is 2. The van der Waals surface area contributed by atoms with Gasteiger partial charge in [-0.3, -0.25) is 9.69 Å². The number of rotatable bonds is 8. The predicted molar refractivity (Wildman–Crippen MR) is 86.7 cm³/mol. The van der Waals surface area contributed by atoms with Gasteiger partial charge < -0.3 is 25.0 Å². The van der Waals surface area contributed by atoms with Crippen molar-refractivity contribution in [1.29, 1.82) is 0 Å². The second kappa shape index (κ2) is 8.27. The van der Waals surface area contributed by atoms with E-state index < -0.39 is 0 Å². The van der Waals surface area contributed by atoms with Crippen LogP contribution in [0.15, 0.2) is 22.7 Å². The first kappa shape index (κ1) is 17.7. The molecule has 0 radical (unpaired) electrons. The maximum atomic E-state index is 12.2. The topological polar surface area (TPSA) is 116 Å². The minimum Gasteiger partial charge on any atom is -0.497 e. The Bertz CT molecular complexity index is 666. The fourth-order valence-electron chi connectivity index (χ4n) is 2.06. The Labute approximate surface area is 139 Å². The summed E-state index contributed by atoms with van der Waals surface area (Å²) in [6, 6.07) is 5.16. The molecule has 0 aliphatic carbocycles. The molecule has 0 fully saturated rings. The number of anilines is 1. The average molecular weight is 335 g/mol. The van der Waals surface area contributed by atoms with Gasteiger partial charge in [-0.05, 0) is 7.05 Å². The Morgan fingerprint density at radius 1 is 1.29 bits per heavy atom. The third-order valence-corrected chi connectivity index (χ3v) is 3.14. The zero-order valence-electron chi connectivity index (χ0n) is 13.9. The number of nitrogens with two attached hydrogens (primary N) is 1. The second-order valence-corrected chi connectivity index (χ2v) is 5.13. The molecule has 2 rings (SSSR count). The minimum absolute atomic E-state index is 0.159. The fourth-order valence-corrected chi connectivity index (χ4v) is 2.06. The van der Waals surface area contributed by atoms with Gasteiger partial charge in [-0.1, -0.05) is 5.16 Å². The number of carbonyl (C=O) groups is 1. The summed E-state index contributed by atoms with van der Waals surface area (Å²) in [7, 11) is 4.88. The molecule has 1 aromatic heterocycles. The van der Waals surface area contributed by atoms with Crippen LogP contribution in [-0.2, 0) is 17.9 Å². The molecule has 1 amide bonds. The third kappa shape index (κ3) is 4.93. The van der Waals surface area contributed by atoms with Crippen LogP contribution in [0, 0.1) is 0 Å². The lowest BCUT2D eigenvalue weighted by Crippen LogP contribution is -2.30. The lowest BCUT2D eigenvalue weighted by Gasteiger charge is -2.15. The van der Waals surface area contributed by atoms with Crippen molar-refractivity contribution in [3.63, 3.8) is 0 Å². The number of nitrogens with zero attached hydrogens (tertiary/aromatic N) is 3. The molecular weight excluding hydrogens is 314 g/mol. The van der Waals surface area contributed by atoms with E-state index in [9.17, 15) is 4.79 Å². The lowest BCUT2D eigenvalue weighted by atomic mass is 10.2. The average Bonchev–Trinajstić information content (AvgIpc) is 3.01. The Kier molecular flexibility index (Phi) is 6.10. The normalized spacial score (nSPS) is 10.7. The zero-order valence-corrected chi connectivity index (χ0v) is 13.9. The highest BCUT2D eigenvalue weighted by molar-refractivity contribution is 5.92. The lowest BCUT2D eigenvalue weighted by molar-refractivity contribution is -0.117. The quantitative estimate of drug-likeness (QED) is 0.721. The Morgan fingerprint density at radius 2 is 1.96 bits per heavy atom. The van der Waals surface area contributed by atoms with Crippen LogP contribution in [0.1, 0.15) is 11.7 Å². The van der Waals surface area contributed by atoms with Gasteiger partial charge >= 0.3 is 0 Å². The number of ether oxygens (including phenoxy) is 2. The monoisotopic (exact) mass is 335 g/mol. The van der Waals surface area contributed by atoms with Crippen molar-refractivity contribution in [1.82, 2.24) is 15.0 Å². The standard InChI is InChI=1S/C15H21N5O4/c1-20(8-13-18-15(7-16)24-19-13)9-14(21)17-10-4-11(22-2)6-12(5-10)23-3/h4-6H,7-9,16H2,1-3H3,(H,17,21). The first-order valence-corrected chi connectivity index (χ1v) is 7.27. The molecule has 0 aliphatic rings. The van der Waals surface area contributed by atoms with Crippen molar-refractivity contribution in [3.05, 3.63) is 29.9 Å². The molecule has 1 heterocycles. The Balaban J connectivity index is 1.92. The summed E-state index contributed by atoms with van der Waals surface area (Å²) in [6.07, 6.45) is 0. The van der Waals surface area contributed by atoms with Gasteiger partial charge in [0.2, 0.25) is 11.8 Å². The predicted octanol–water partition coefficient (Wildman–Crippen LogP) is 0.616. The van der Waals surface area contributed by atoms with Crippen molar-refractivity contribution < 1.29 is 18.8 Å². The van der Waals surface area contributed by atoms with Crippen LogP contribution in [0.2, 0.25) is 0 Å². The molecule has 9 nitrogen and oxygen atoms in total. The van der Waals surface area contributed by atoms with Crippen LogP contribution >= 0.6 is 0 Å². The molecule has 130 valence electrons. The summed E-state index contributed by atoms with van der Waals surface area (Å²) in [4.78, 5) is 18.0. The van der Waals surface area contributed by atoms with Crippen molar-refractivity contribution in [2.24, 2.45) is 5.73 Å². The fraction of sp³-hybridized carbons (Fsp3) is 0.400. The van der Waals surface area contributed by atoms with Crippen LogP contribution in [0.5, 0.6) is 11.5 Å². The number of amides is 1. The Hall–Kier alpha value is -2.65. The molecule has 0 aliphatic heterocycles. The highest BCUT2D eigenvalue weighted by Crippen LogP contribution is 2.25. The smallest absolute Gasteiger partial charge is 0.240 e. The first-order chi connectivity index (χ1) is 11.5. The summed E-state index contributed by atoms with van der Waals surface area (Å²) in [5, 5.41) is 6.59. The maximum absolute atomic E-state index is 12.2. The van der Waals surface area contributed by atoms with Crippen LogP contribution < -0.4 is 20.5 Å². The highest BCUT2D eigenvalue weighted by atomic mass is 16.5. The van der Waals surface area contributed by atoms with Gasteiger partial charge in [-0.15, -0.1) is 0 Å². The molecule has 1 aromatic carbocycles. The van der Waals surface area contributed by atoms with E-state index in [-0.39, 0.29) is 19.0 Å². The second-order valence-electron chi connectivity index (χ2n) is 5.13. The summed E-state index contributed by atoms with van der Waals surface area (Å²) >= 11 is 0. The number of methoxy groups -OCH3 is 2. The van der Waals surface area contributed by atoms with E-state index in [0.717, 1.165) is 0 Å².